The molecule has 33 heavy (non-hydrogen) atoms. The second-order valence-electron chi connectivity index (χ2n) is 8.13. The molecule has 3 aromatic carbocycles. The van der Waals surface area contributed by atoms with Crippen LogP contribution in [0.25, 0.3) is 0 Å². The van der Waals surface area contributed by atoms with E-state index in [0.717, 1.165) is 50.3 Å². The van der Waals surface area contributed by atoms with Crippen LogP contribution in [0.3, 0.4) is 0 Å². The average molecular weight is 437 g/mol. The summed E-state index contributed by atoms with van der Waals surface area (Å²) in [6, 6.07) is 29.2. The lowest BCUT2D eigenvalue weighted by atomic mass is 10.0. The number of benzene rings is 3. The van der Waals surface area contributed by atoms with Crippen LogP contribution in [0.2, 0.25) is 0 Å². The van der Waals surface area contributed by atoms with Gasteiger partial charge in [-0.15, -0.1) is 0 Å². The molecule has 0 unspecified atom stereocenters. The van der Waals surface area contributed by atoms with Gasteiger partial charge in [0.15, 0.2) is 0 Å². The summed E-state index contributed by atoms with van der Waals surface area (Å²) in [4.78, 5) is 0. The number of anilines is 1. The van der Waals surface area contributed by atoms with Crippen LogP contribution in [-0.2, 0) is 0 Å². The lowest BCUT2D eigenvalue weighted by Crippen LogP contribution is -2.11. The van der Waals surface area contributed by atoms with Gasteiger partial charge in [0.05, 0.1) is 22.8 Å². The molecule has 0 atom stereocenters. The van der Waals surface area contributed by atoms with E-state index in [9.17, 15) is 0 Å². The number of para-hydroxylation sites is 1. The van der Waals surface area contributed by atoms with E-state index in [2.05, 4.69) is 91.8 Å². The monoisotopic (exact) mass is 436 g/mol. The number of rotatable bonds is 4. The summed E-state index contributed by atoms with van der Waals surface area (Å²) in [5.41, 5.74) is 14.3. The highest BCUT2D eigenvalue weighted by Gasteiger charge is 2.16. The van der Waals surface area contributed by atoms with Crippen molar-refractivity contribution in [3.05, 3.63) is 102 Å². The van der Waals surface area contributed by atoms with Gasteiger partial charge in [-0.25, -0.2) is 0 Å². The predicted octanol–water partition coefficient (Wildman–Crippen LogP) is 4.38. The summed E-state index contributed by atoms with van der Waals surface area (Å²) >= 11 is 0. The number of nitrogens with one attached hydrogen (secondary N) is 2. The minimum atomic E-state index is 0.952. The van der Waals surface area contributed by atoms with E-state index in [1.54, 1.807) is 0 Å². The Kier molecular flexibility index (Phi) is 6.43. The highest BCUT2D eigenvalue weighted by molar-refractivity contribution is 6.04. The number of hydrazone groups is 3. The van der Waals surface area contributed by atoms with E-state index >= 15 is 0 Å². The summed E-state index contributed by atoms with van der Waals surface area (Å²) in [6.07, 6.45) is 3.04. The highest BCUT2D eigenvalue weighted by atomic mass is 15.5. The van der Waals surface area contributed by atoms with E-state index in [1.165, 1.54) is 28.1 Å². The summed E-state index contributed by atoms with van der Waals surface area (Å²) < 4.78 is 0. The molecule has 6 nitrogen and oxygen atoms in total. The van der Waals surface area contributed by atoms with Gasteiger partial charge in [-0.3, -0.25) is 5.01 Å². The average Bonchev–Trinajstić information content (AvgIpc) is 3.68. The Morgan fingerprint density at radius 3 is 1.58 bits per heavy atom. The maximum absolute atomic E-state index is 4.68. The predicted molar refractivity (Wildman–Crippen MR) is 136 cm³/mol. The van der Waals surface area contributed by atoms with Crippen molar-refractivity contribution in [3.63, 3.8) is 0 Å². The first-order valence-corrected chi connectivity index (χ1v) is 11.5. The molecule has 0 saturated heterocycles. The van der Waals surface area contributed by atoms with Gasteiger partial charge in [0, 0.05) is 38.9 Å². The van der Waals surface area contributed by atoms with Gasteiger partial charge in [0.2, 0.25) is 0 Å². The molecule has 0 amide bonds. The zero-order chi connectivity index (χ0) is 22.3. The Labute approximate surface area is 194 Å². The van der Waals surface area contributed by atoms with Crippen LogP contribution in [-0.4, -0.2) is 36.8 Å². The van der Waals surface area contributed by atoms with Crippen LogP contribution < -0.4 is 15.9 Å². The summed E-state index contributed by atoms with van der Waals surface area (Å²) in [5, 5.41) is 15.3. The molecule has 6 rings (SSSR count). The van der Waals surface area contributed by atoms with Gasteiger partial charge in [0.1, 0.15) is 0 Å². The lowest BCUT2D eigenvalue weighted by molar-refractivity contribution is 0.813. The second-order valence-corrected chi connectivity index (χ2v) is 8.13. The third kappa shape index (κ3) is 5.12. The maximum Gasteiger partial charge on any atom is 0.0700 e. The molecule has 0 aliphatic carbocycles. The maximum atomic E-state index is 4.68. The van der Waals surface area contributed by atoms with Gasteiger partial charge in [-0.2, -0.15) is 15.3 Å². The van der Waals surface area contributed by atoms with Crippen LogP contribution in [0.1, 0.15) is 36.0 Å². The molecule has 6 heteroatoms. The Hall–Kier alpha value is -3.93. The first-order valence-electron chi connectivity index (χ1n) is 11.5. The molecule has 3 aromatic rings. The first-order chi connectivity index (χ1) is 16.4. The van der Waals surface area contributed by atoms with E-state index in [4.69, 9.17) is 0 Å². The van der Waals surface area contributed by atoms with Gasteiger partial charge in [-0.05, 0) is 28.8 Å². The molecule has 3 aliphatic rings. The minimum absolute atomic E-state index is 0.952. The van der Waals surface area contributed by atoms with Crippen LogP contribution in [0.4, 0.5) is 5.69 Å². The fourth-order valence-corrected chi connectivity index (χ4v) is 4.11. The third-order valence-electron chi connectivity index (χ3n) is 5.89. The SMILES string of the molecule is c1cc(C2=NNCC2)ccc1C1=NNCC1.c1ccc(C2=NN(c3ccccc3)CC2)cc1. The largest absolute Gasteiger partial charge is 0.309 e. The molecular weight excluding hydrogens is 408 g/mol. The molecular formula is C27H28N6. The topological polar surface area (TPSA) is 64.4 Å². The zero-order valence-corrected chi connectivity index (χ0v) is 18.6. The van der Waals surface area contributed by atoms with Crippen molar-refractivity contribution in [2.24, 2.45) is 15.3 Å². The molecule has 3 heterocycles. The highest BCUT2D eigenvalue weighted by Crippen LogP contribution is 2.21. The molecule has 0 spiro atoms. The van der Waals surface area contributed by atoms with Crippen molar-refractivity contribution in [3.8, 4) is 0 Å². The van der Waals surface area contributed by atoms with E-state index in [1.807, 2.05) is 24.3 Å². The van der Waals surface area contributed by atoms with Gasteiger partial charge < -0.3 is 10.9 Å². The van der Waals surface area contributed by atoms with Crippen molar-refractivity contribution in [1.29, 1.82) is 0 Å². The van der Waals surface area contributed by atoms with E-state index < -0.39 is 0 Å². The smallest absolute Gasteiger partial charge is 0.0700 e. The molecule has 2 N–H and O–H groups in total. The molecule has 0 aromatic heterocycles. The second kappa shape index (κ2) is 10.1. The van der Waals surface area contributed by atoms with Crippen molar-refractivity contribution < 1.29 is 0 Å². The lowest BCUT2D eigenvalue weighted by Gasteiger charge is -2.12. The summed E-state index contributed by atoms with van der Waals surface area (Å²) in [7, 11) is 0. The molecule has 0 fully saturated rings. The fraction of sp³-hybridized carbons (Fsp3) is 0.222. The standard InChI is InChI=1S/C15H14N2.C12H14N4/c1-3-7-13(8-4-1)15-11-12-17(16-15)14-9-5-2-6-10-14;1-2-10(12-6-8-14-16-12)4-3-9(1)11-5-7-13-15-11/h1-10H,11-12H2;1-4,13-14H,5-8H2. The molecule has 166 valence electrons. The van der Waals surface area contributed by atoms with Crippen molar-refractivity contribution in [1.82, 2.24) is 10.9 Å². The number of hydrogen-bond acceptors (Lipinski definition) is 6. The zero-order valence-electron chi connectivity index (χ0n) is 18.6. The molecule has 0 bridgehead atoms. The molecule has 0 radical (unpaired) electrons. The van der Waals surface area contributed by atoms with E-state index in [-0.39, 0.29) is 0 Å². The summed E-state index contributed by atoms with van der Waals surface area (Å²) in [5.74, 6) is 0. The summed E-state index contributed by atoms with van der Waals surface area (Å²) in [6.45, 7) is 2.87. The van der Waals surface area contributed by atoms with Gasteiger partial charge in [-0.1, -0.05) is 72.8 Å². The van der Waals surface area contributed by atoms with E-state index in [0.29, 0.717) is 0 Å². The quantitative estimate of drug-likeness (QED) is 0.638. The Bertz CT molecular complexity index is 1110. The molecule has 3 aliphatic heterocycles. The minimum Gasteiger partial charge on any atom is -0.309 e. The third-order valence-corrected chi connectivity index (χ3v) is 5.89. The van der Waals surface area contributed by atoms with Crippen LogP contribution in [0.5, 0.6) is 0 Å². The fourth-order valence-electron chi connectivity index (χ4n) is 4.11. The Morgan fingerprint density at radius 2 is 1.06 bits per heavy atom. The normalized spacial score (nSPS) is 16.7. The van der Waals surface area contributed by atoms with Crippen LogP contribution in [0, 0.1) is 0 Å². The van der Waals surface area contributed by atoms with Crippen molar-refractivity contribution >= 4 is 22.8 Å². The first kappa shape index (κ1) is 20.9. The number of hydrogen-bond donors (Lipinski definition) is 2. The van der Waals surface area contributed by atoms with Crippen LogP contribution >= 0.6 is 0 Å². The Morgan fingerprint density at radius 1 is 0.545 bits per heavy atom. The van der Waals surface area contributed by atoms with Crippen molar-refractivity contribution in [2.45, 2.75) is 19.3 Å². The Balaban J connectivity index is 0.000000139. The van der Waals surface area contributed by atoms with Crippen LogP contribution in [0.15, 0.2) is 100 Å². The van der Waals surface area contributed by atoms with Gasteiger partial charge >= 0.3 is 0 Å². The van der Waals surface area contributed by atoms with Crippen molar-refractivity contribution in [2.75, 3.05) is 24.6 Å². The van der Waals surface area contributed by atoms with Gasteiger partial charge in [0.25, 0.3) is 0 Å². The number of nitrogens with zero attached hydrogens (tertiary/aromatic N) is 4. The molecule has 0 saturated carbocycles.